The van der Waals surface area contributed by atoms with Crippen LogP contribution in [-0.4, -0.2) is 44.6 Å². The van der Waals surface area contributed by atoms with Crippen molar-refractivity contribution in [3.05, 3.63) is 29.3 Å². The second kappa shape index (κ2) is 7.62. The Hall–Kier alpha value is -1.10. The van der Waals surface area contributed by atoms with Crippen LogP contribution in [0.1, 0.15) is 24.0 Å². The van der Waals surface area contributed by atoms with Gasteiger partial charge in [-0.05, 0) is 31.4 Å². The molecule has 1 aliphatic carbocycles. The summed E-state index contributed by atoms with van der Waals surface area (Å²) in [4.78, 5) is 2.20. The standard InChI is InChI=1S/C16H26N2O2/c1-13-3-6-16(18(7-9-19)8-10-20-2)14(11-13)12-17-15-4-5-15/h3,6,11,15,17,19H,4-5,7-10,12H2,1-2H3. The lowest BCUT2D eigenvalue weighted by Gasteiger charge is -2.26. The van der Waals surface area contributed by atoms with Crippen molar-refractivity contribution < 1.29 is 9.84 Å². The molecule has 1 aromatic rings. The van der Waals surface area contributed by atoms with E-state index < -0.39 is 0 Å². The second-order valence-corrected chi connectivity index (χ2v) is 5.49. The van der Waals surface area contributed by atoms with Crippen molar-refractivity contribution >= 4 is 5.69 Å². The fraction of sp³-hybridized carbons (Fsp3) is 0.625. The SMILES string of the molecule is COCCN(CCO)c1ccc(C)cc1CNC1CC1. The summed E-state index contributed by atoms with van der Waals surface area (Å²) < 4.78 is 5.17. The maximum atomic E-state index is 9.27. The lowest BCUT2D eigenvalue weighted by molar-refractivity contribution is 0.203. The van der Waals surface area contributed by atoms with Gasteiger partial charge in [0, 0.05) is 38.5 Å². The van der Waals surface area contributed by atoms with E-state index in [9.17, 15) is 5.11 Å². The van der Waals surface area contributed by atoms with E-state index in [1.54, 1.807) is 7.11 Å². The molecule has 2 rings (SSSR count). The van der Waals surface area contributed by atoms with Crippen LogP contribution in [-0.2, 0) is 11.3 Å². The lowest BCUT2D eigenvalue weighted by atomic mass is 10.1. The molecule has 0 saturated heterocycles. The normalized spacial score (nSPS) is 14.6. The van der Waals surface area contributed by atoms with Gasteiger partial charge in [-0.2, -0.15) is 0 Å². The largest absolute Gasteiger partial charge is 0.395 e. The minimum absolute atomic E-state index is 0.160. The molecule has 0 amide bonds. The molecule has 20 heavy (non-hydrogen) atoms. The predicted molar refractivity (Wildman–Crippen MR) is 82.2 cm³/mol. The zero-order chi connectivity index (χ0) is 14.4. The Kier molecular flexibility index (Phi) is 5.83. The fourth-order valence-corrected chi connectivity index (χ4v) is 2.38. The van der Waals surface area contributed by atoms with E-state index in [4.69, 9.17) is 4.74 Å². The monoisotopic (exact) mass is 278 g/mol. The van der Waals surface area contributed by atoms with Gasteiger partial charge in [-0.1, -0.05) is 17.7 Å². The summed E-state index contributed by atoms with van der Waals surface area (Å²) in [6.45, 7) is 5.29. The van der Waals surface area contributed by atoms with Gasteiger partial charge in [-0.25, -0.2) is 0 Å². The molecule has 2 N–H and O–H groups in total. The first-order chi connectivity index (χ1) is 9.74. The number of nitrogens with zero attached hydrogens (tertiary/aromatic N) is 1. The summed E-state index contributed by atoms with van der Waals surface area (Å²) in [6, 6.07) is 7.23. The number of ether oxygens (including phenoxy) is 1. The number of hydrogen-bond acceptors (Lipinski definition) is 4. The van der Waals surface area contributed by atoms with Gasteiger partial charge < -0.3 is 20.1 Å². The third-order valence-electron chi connectivity index (χ3n) is 3.67. The van der Waals surface area contributed by atoms with Gasteiger partial charge in [0.2, 0.25) is 0 Å². The van der Waals surface area contributed by atoms with Crippen LogP contribution >= 0.6 is 0 Å². The molecule has 0 bridgehead atoms. The number of aliphatic hydroxyl groups excluding tert-OH is 1. The highest BCUT2D eigenvalue weighted by atomic mass is 16.5. The van der Waals surface area contributed by atoms with Crippen molar-refractivity contribution in [2.24, 2.45) is 0 Å². The summed E-state index contributed by atoms with van der Waals surface area (Å²) in [5, 5.41) is 12.8. The molecule has 1 aliphatic rings. The number of aryl methyl sites for hydroxylation is 1. The van der Waals surface area contributed by atoms with Gasteiger partial charge in [0.1, 0.15) is 0 Å². The third-order valence-corrected chi connectivity index (χ3v) is 3.67. The summed E-state index contributed by atoms with van der Waals surface area (Å²) in [7, 11) is 1.71. The Morgan fingerprint density at radius 1 is 1.35 bits per heavy atom. The van der Waals surface area contributed by atoms with Gasteiger partial charge in [0.15, 0.2) is 0 Å². The number of aliphatic hydroxyl groups is 1. The topological polar surface area (TPSA) is 44.7 Å². The lowest BCUT2D eigenvalue weighted by Crippen LogP contribution is -2.31. The minimum Gasteiger partial charge on any atom is -0.395 e. The van der Waals surface area contributed by atoms with Crippen LogP contribution in [0.5, 0.6) is 0 Å². The molecule has 0 aromatic heterocycles. The van der Waals surface area contributed by atoms with Gasteiger partial charge in [-0.3, -0.25) is 0 Å². The van der Waals surface area contributed by atoms with Crippen molar-refractivity contribution in [1.82, 2.24) is 5.32 Å². The summed E-state index contributed by atoms with van der Waals surface area (Å²) in [5.41, 5.74) is 3.79. The van der Waals surface area contributed by atoms with Gasteiger partial charge in [0.25, 0.3) is 0 Å². The molecule has 0 atom stereocenters. The highest BCUT2D eigenvalue weighted by molar-refractivity contribution is 5.55. The van der Waals surface area contributed by atoms with Gasteiger partial charge in [0.05, 0.1) is 13.2 Å². The predicted octanol–water partition coefficient (Wildman–Crippen LogP) is 1.69. The quantitative estimate of drug-likeness (QED) is 0.721. The Balaban J connectivity index is 2.11. The van der Waals surface area contributed by atoms with Crippen LogP contribution in [0.3, 0.4) is 0 Å². The zero-order valence-electron chi connectivity index (χ0n) is 12.6. The van der Waals surface area contributed by atoms with Gasteiger partial charge in [-0.15, -0.1) is 0 Å². The van der Waals surface area contributed by atoms with Crippen molar-refractivity contribution in [3.63, 3.8) is 0 Å². The van der Waals surface area contributed by atoms with Crippen LogP contribution in [0.4, 0.5) is 5.69 Å². The van der Waals surface area contributed by atoms with Gasteiger partial charge >= 0.3 is 0 Å². The average Bonchev–Trinajstić information content (AvgIpc) is 3.26. The molecule has 0 spiro atoms. The van der Waals surface area contributed by atoms with E-state index in [2.05, 4.69) is 35.3 Å². The van der Waals surface area contributed by atoms with Crippen molar-refractivity contribution in [3.8, 4) is 0 Å². The number of nitrogens with one attached hydrogen (secondary N) is 1. The Labute approximate surface area is 121 Å². The third kappa shape index (κ3) is 4.47. The fourth-order valence-electron chi connectivity index (χ4n) is 2.38. The number of methoxy groups -OCH3 is 1. The molecule has 4 nitrogen and oxygen atoms in total. The van der Waals surface area contributed by atoms with E-state index in [1.165, 1.54) is 29.7 Å². The maximum Gasteiger partial charge on any atom is 0.0637 e. The smallest absolute Gasteiger partial charge is 0.0637 e. The van der Waals surface area contributed by atoms with Crippen LogP contribution in [0.2, 0.25) is 0 Å². The molecule has 0 radical (unpaired) electrons. The first-order valence-corrected chi connectivity index (χ1v) is 7.42. The van der Waals surface area contributed by atoms with E-state index in [-0.39, 0.29) is 6.61 Å². The van der Waals surface area contributed by atoms with E-state index in [1.807, 2.05) is 0 Å². The van der Waals surface area contributed by atoms with E-state index in [0.29, 0.717) is 19.2 Å². The van der Waals surface area contributed by atoms with Crippen molar-refractivity contribution in [2.75, 3.05) is 38.3 Å². The molecule has 1 fully saturated rings. The molecule has 0 aliphatic heterocycles. The molecule has 0 unspecified atom stereocenters. The first kappa shape index (κ1) is 15.3. The van der Waals surface area contributed by atoms with Crippen LogP contribution in [0.25, 0.3) is 0 Å². The number of anilines is 1. The molecule has 112 valence electrons. The molecule has 0 heterocycles. The second-order valence-electron chi connectivity index (χ2n) is 5.49. The summed E-state index contributed by atoms with van der Waals surface area (Å²) >= 11 is 0. The Morgan fingerprint density at radius 2 is 2.15 bits per heavy atom. The number of rotatable bonds is 9. The van der Waals surface area contributed by atoms with E-state index >= 15 is 0 Å². The molecular weight excluding hydrogens is 252 g/mol. The summed E-state index contributed by atoms with van der Waals surface area (Å²) in [5.74, 6) is 0. The molecule has 1 aromatic carbocycles. The van der Waals surface area contributed by atoms with Crippen LogP contribution in [0.15, 0.2) is 18.2 Å². The van der Waals surface area contributed by atoms with Crippen molar-refractivity contribution in [2.45, 2.75) is 32.4 Å². The maximum absolute atomic E-state index is 9.27. The Bertz CT molecular complexity index is 419. The Morgan fingerprint density at radius 3 is 2.80 bits per heavy atom. The average molecular weight is 278 g/mol. The minimum atomic E-state index is 0.160. The molecular formula is C16H26N2O2. The highest BCUT2D eigenvalue weighted by Crippen LogP contribution is 2.24. The van der Waals surface area contributed by atoms with Crippen LogP contribution < -0.4 is 10.2 Å². The highest BCUT2D eigenvalue weighted by Gasteiger charge is 2.21. The molecule has 1 saturated carbocycles. The molecule has 4 heteroatoms. The van der Waals surface area contributed by atoms with Crippen LogP contribution in [0, 0.1) is 6.92 Å². The first-order valence-electron chi connectivity index (χ1n) is 7.42. The number of hydrogen-bond donors (Lipinski definition) is 2. The number of benzene rings is 1. The summed E-state index contributed by atoms with van der Waals surface area (Å²) in [6.07, 6.45) is 2.59. The zero-order valence-corrected chi connectivity index (χ0v) is 12.6. The van der Waals surface area contributed by atoms with Crippen molar-refractivity contribution in [1.29, 1.82) is 0 Å². The van der Waals surface area contributed by atoms with E-state index in [0.717, 1.165) is 13.1 Å².